The van der Waals surface area contributed by atoms with Crippen LogP contribution in [0.2, 0.25) is 0 Å². The Morgan fingerprint density at radius 1 is 1.25 bits per heavy atom. The molecule has 0 aromatic heterocycles. The summed E-state index contributed by atoms with van der Waals surface area (Å²) in [4.78, 5) is 12.3. The average Bonchev–Trinajstić information content (AvgIpc) is 2.62. The van der Waals surface area contributed by atoms with Crippen molar-refractivity contribution in [2.75, 3.05) is 20.3 Å². The summed E-state index contributed by atoms with van der Waals surface area (Å²) in [7, 11) is 1.66. The van der Waals surface area contributed by atoms with Gasteiger partial charge in [-0.15, -0.1) is 0 Å². The van der Waals surface area contributed by atoms with Gasteiger partial charge in [-0.25, -0.2) is 0 Å². The highest BCUT2D eigenvalue weighted by atomic mass is 16.5. The number of ether oxygens (including phenoxy) is 2. The summed E-state index contributed by atoms with van der Waals surface area (Å²) in [6, 6.07) is 15.9. The number of methoxy groups -OCH3 is 1. The zero-order valence-corrected chi connectivity index (χ0v) is 14.0. The molecule has 1 aliphatic heterocycles. The van der Waals surface area contributed by atoms with Gasteiger partial charge in [0.1, 0.15) is 11.5 Å². The predicted octanol–water partition coefficient (Wildman–Crippen LogP) is 3.31. The number of benzene rings is 2. The van der Waals surface area contributed by atoms with Crippen molar-refractivity contribution >= 4 is 5.91 Å². The molecule has 24 heavy (non-hydrogen) atoms. The van der Waals surface area contributed by atoms with E-state index >= 15 is 0 Å². The minimum absolute atomic E-state index is 0.0969. The molecule has 1 N–H and O–H groups in total. The van der Waals surface area contributed by atoms with Crippen molar-refractivity contribution in [1.29, 1.82) is 0 Å². The highest BCUT2D eigenvalue weighted by molar-refractivity contribution is 5.77. The predicted molar refractivity (Wildman–Crippen MR) is 93.6 cm³/mol. The quantitative estimate of drug-likeness (QED) is 0.886. The number of fused-ring (bicyclic) bond motifs is 1. The van der Waals surface area contributed by atoms with Crippen LogP contribution in [-0.4, -0.2) is 26.2 Å². The van der Waals surface area contributed by atoms with E-state index in [0.717, 1.165) is 35.5 Å². The first kappa shape index (κ1) is 16.4. The van der Waals surface area contributed by atoms with Crippen LogP contribution in [0.5, 0.6) is 11.5 Å². The topological polar surface area (TPSA) is 47.6 Å². The highest BCUT2D eigenvalue weighted by Gasteiger charge is 2.23. The third kappa shape index (κ3) is 4.07. The number of hydrogen-bond acceptors (Lipinski definition) is 3. The van der Waals surface area contributed by atoms with Gasteiger partial charge in [0.15, 0.2) is 0 Å². The maximum atomic E-state index is 12.3. The van der Waals surface area contributed by atoms with Crippen LogP contribution in [0.3, 0.4) is 0 Å². The number of rotatable bonds is 6. The molecule has 1 heterocycles. The fraction of sp³-hybridized carbons (Fsp3) is 0.350. The monoisotopic (exact) mass is 325 g/mol. The van der Waals surface area contributed by atoms with E-state index in [9.17, 15) is 4.79 Å². The van der Waals surface area contributed by atoms with Gasteiger partial charge < -0.3 is 14.8 Å². The van der Waals surface area contributed by atoms with E-state index in [1.807, 2.05) is 42.5 Å². The van der Waals surface area contributed by atoms with E-state index in [-0.39, 0.29) is 11.8 Å². The summed E-state index contributed by atoms with van der Waals surface area (Å²) in [5, 5.41) is 3.03. The summed E-state index contributed by atoms with van der Waals surface area (Å²) in [5.74, 6) is 2.10. The SMILES string of the molecule is COc1cccc(CCNC(=O)C[C@H]2CCOc3ccccc32)c1. The largest absolute Gasteiger partial charge is 0.497 e. The van der Waals surface area contributed by atoms with Gasteiger partial charge in [0, 0.05) is 13.0 Å². The van der Waals surface area contributed by atoms with Gasteiger partial charge in [0.05, 0.1) is 13.7 Å². The van der Waals surface area contributed by atoms with Crippen LogP contribution < -0.4 is 14.8 Å². The van der Waals surface area contributed by atoms with Crippen molar-refractivity contribution in [2.45, 2.75) is 25.2 Å². The van der Waals surface area contributed by atoms with Crippen molar-refractivity contribution in [3.8, 4) is 11.5 Å². The second-order valence-electron chi connectivity index (χ2n) is 6.03. The first-order valence-corrected chi connectivity index (χ1v) is 8.37. The fourth-order valence-corrected chi connectivity index (χ4v) is 3.10. The molecule has 0 fully saturated rings. The molecule has 2 aromatic rings. The lowest BCUT2D eigenvalue weighted by Crippen LogP contribution is -2.28. The smallest absolute Gasteiger partial charge is 0.220 e. The minimum Gasteiger partial charge on any atom is -0.497 e. The van der Waals surface area contributed by atoms with Crippen LogP contribution in [0, 0.1) is 0 Å². The Hall–Kier alpha value is -2.49. The number of carbonyl (C=O) groups is 1. The van der Waals surface area contributed by atoms with Crippen molar-refractivity contribution < 1.29 is 14.3 Å². The van der Waals surface area contributed by atoms with Crippen LogP contribution in [-0.2, 0) is 11.2 Å². The van der Waals surface area contributed by atoms with Crippen molar-refractivity contribution in [3.63, 3.8) is 0 Å². The average molecular weight is 325 g/mol. The van der Waals surface area contributed by atoms with E-state index in [2.05, 4.69) is 11.4 Å². The molecule has 0 saturated heterocycles. The summed E-state index contributed by atoms with van der Waals surface area (Å²) in [6.45, 7) is 1.32. The molecule has 1 amide bonds. The molecule has 2 aromatic carbocycles. The van der Waals surface area contributed by atoms with E-state index < -0.39 is 0 Å². The number of amides is 1. The van der Waals surface area contributed by atoms with Crippen LogP contribution in [0.1, 0.15) is 29.9 Å². The van der Waals surface area contributed by atoms with E-state index in [4.69, 9.17) is 9.47 Å². The molecule has 1 aliphatic rings. The lowest BCUT2D eigenvalue weighted by Gasteiger charge is -2.25. The Morgan fingerprint density at radius 3 is 3.00 bits per heavy atom. The first-order chi connectivity index (χ1) is 11.8. The van der Waals surface area contributed by atoms with Gasteiger partial charge in [0.25, 0.3) is 0 Å². The molecular formula is C20H23NO3. The molecule has 4 heteroatoms. The first-order valence-electron chi connectivity index (χ1n) is 8.37. The molecule has 4 nitrogen and oxygen atoms in total. The zero-order valence-electron chi connectivity index (χ0n) is 14.0. The van der Waals surface area contributed by atoms with E-state index in [1.165, 1.54) is 0 Å². The van der Waals surface area contributed by atoms with Crippen molar-refractivity contribution in [3.05, 3.63) is 59.7 Å². The van der Waals surface area contributed by atoms with Crippen LogP contribution in [0.15, 0.2) is 48.5 Å². The maximum absolute atomic E-state index is 12.3. The number of carbonyl (C=O) groups excluding carboxylic acids is 1. The number of nitrogens with one attached hydrogen (secondary N) is 1. The molecule has 0 saturated carbocycles. The number of para-hydroxylation sites is 1. The van der Waals surface area contributed by atoms with Gasteiger partial charge in [-0.3, -0.25) is 4.79 Å². The standard InChI is InChI=1S/C20H23NO3/c1-23-17-6-4-5-15(13-17)9-11-21-20(22)14-16-10-12-24-19-8-3-2-7-18(16)19/h2-8,13,16H,9-12,14H2,1H3,(H,21,22)/t16-/m1/s1. The van der Waals surface area contributed by atoms with Crippen LogP contribution >= 0.6 is 0 Å². The van der Waals surface area contributed by atoms with Gasteiger partial charge in [-0.2, -0.15) is 0 Å². The third-order valence-corrected chi connectivity index (χ3v) is 4.38. The molecule has 0 radical (unpaired) electrons. The Morgan fingerprint density at radius 2 is 2.12 bits per heavy atom. The van der Waals surface area contributed by atoms with Crippen molar-refractivity contribution in [1.82, 2.24) is 5.32 Å². The Kier molecular flexibility index (Phi) is 5.36. The molecule has 3 rings (SSSR count). The summed E-state index contributed by atoms with van der Waals surface area (Å²) >= 11 is 0. The Labute approximate surface area is 142 Å². The normalized spacial score (nSPS) is 16.0. The Balaban J connectivity index is 1.50. The minimum atomic E-state index is 0.0969. The third-order valence-electron chi connectivity index (χ3n) is 4.38. The fourth-order valence-electron chi connectivity index (χ4n) is 3.10. The summed E-state index contributed by atoms with van der Waals surface area (Å²) in [6.07, 6.45) is 2.20. The molecule has 0 bridgehead atoms. The lowest BCUT2D eigenvalue weighted by atomic mass is 9.90. The molecule has 0 spiro atoms. The highest BCUT2D eigenvalue weighted by Crippen LogP contribution is 2.35. The zero-order chi connectivity index (χ0) is 16.8. The molecule has 0 unspecified atom stereocenters. The van der Waals surface area contributed by atoms with Crippen LogP contribution in [0.25, 0.3) is 0 Å². The maximum Gasteiger partial charge on any atom is 0.220 e. The molecule has 1 atom stereocenters. The lowest BCUT2D eigenvalue weighted by molar-refractivity contribution is -0.121. The molecule has 126 valence electrons. The Bertz CT molecular complexity index is 699. The van der Waals surface area contributed by atoms with Gasteiger partial charge >= 0.3 is 0 Å². The van der Waals surface area contributed by atoms with E-state index in [0.29, 0.717) is 19.6 Å². The molecular weight excluding hydrogens is 302 g/mol. The van der Waals surface area contributed by atoms with Gasteiger partial charge in [-0.05, 0) is 48.1 Å². The van der Waals surface area contributed by atoms with Gasteiger partial charge in [-0.1, -0.05) is 30.3 Å². The molecule has 0 aliphatic carbocycles. The second kappa shape index (κ2) is 7.86. The number of hydrogen-bond donors (Lipinski definition) is 1. The van der Waals surface area contributed by atoms with Gasteiger partial charge in [0.2, 0.25) is 5.91 Å². The summed E-state index contributed by atoms with van der Waals surface area (Å²) < 4.78 is 10.9. The van der Waals surface area contributed by atoms with Crippen molar-refractivity contribution in [2.24, 2.45) is 0 Å². The van der Waals surface area contributed by atoms with Crippen LogP contribution in [0.4, 0.5) is 0 Å². The van der Waals surface area contributed by atoms with E-state index in [1.54, 1.807) is 7.11 Å². The second-order valence-corrected chi connectivity index (χ2v) is 6.03. The summed E-state index contributed by atoms with van der Waals surface area (Å²) in [5.41, 5.74) is 2.30.